The van der Waals surface area contributed by atoms with E-state index in [0.29, 0.717) is 6.54 Å². The lowest BCUT2D eigenvalue weighted by Gasteiger charge is -2.13. The van der Waals surface area contributed by atoms with E-state index >= 15 is 0 Å². The molecule has 0 radical (unpaired) electrons. The molecule has 4 nitrogen and oxygen atoms in total. The third-order valence-corrected chi connectivity index (χ3v) is 2.96. The second-order valence-electron chi connectivity index (χ2n) is 4.66. The van der Waals surface area contributed by atoms with Crippen LogP contribution in [0.25, 0.3) is 0 Å². The fourth-order valence-corrected chi connectivity index (χ4v) is 1.85. The smallest absolute Gasteiger partial charge is 0.142 e. The highest BCUT2D eigenvalue weighted by atomic mass is 16.5. The fraction of sp³-hybridized carbons (Fsp3) is 0.400. The van der Waals surface area contributed by atoms with Crippen molar-refractivity contribution in [3.63, 3.8) is 0 Å². The summed E-state index contributed by atoms with van der Waals surface area (Å²) >= 11 is 0. The lowest BCUT2D eigenvalue weighted by molar-refractivity contribution is 0.318. The van der Waals surface area contributed by atoms with Gasteiger partial charge in [0.25, 0.3) is 0 Å². The molecule has 1 heterocycles. The van der Waals surface area contributed by atoms with E-state index in [4.69, 9.17) is 4.74 Å². The Labute approximate surface area is 114 Å². The van der Waals surface area contributed by atoms with Gasteiger partial charge in [-0.05, 0) is 31.0 Å². The summed E-state index contributed by atoms with van der Waals surface area (Å²) in [4.78, 5) is 4.30. The molecule has 2 aromatic rings. The molecule has 0 aliphatic rings. The summed E-state index contributed by atoms with van der Waals surface area (Å²) in [5.74, 6) is 1.91. The van der Waals surface area contributed by atoms with Gasteiger partial charge in [-0.3, -0.25) is 0 Å². The van der Waals surface area contributed by atoms with Crippen LogP contribution in [0, 0.1) is 6.92 Å². The Morgan fingerprint density at radius 3 is 2.89 bits per heavy atom. The van der Waals surface area contributed by atoms with Crippen molar-refractivity contribution < 1.29 is 4.74 Å². The van der Waals surface area contributed by atoms with E-state index < -0.39 is 0 Å². The zero-order valence-electron chi connectivity index (χ0n) is 11.8. The monoisotopic (exact) mass is 259 g/mol. The van der Waals surface area contributed by atoms with Crippen molar-refractivity contribution in [3.8, 4) is 5.75 Å². The third kappa shape index (κ3) is 3.50. The molecule has 1 aromatic heterocycles. The van der Waals surface area contributed by atoms with Gasteiger partial charge in [0, 0.05) is 19.4 Å². The van der Waals surface area contributed by atoms with Crippen LogP contribution in [0.2, 0.25) is 0 Å². The highest BCUT2D eigenvalue weighted by Gasteiger charge is 2.05. The van der Waals surface area contributed by atoms with Gasteiger partial charge in [0.15, 0.2) is 0 Å². The molecule has 0 unspecified atom stereocenters. The predicted molar refractivity (Wildman–Crippen MR) is 77.5 cm³/mol. The van der Waals surface area contributed by atoms with E-state index in [1.54, 1.807) is 6.20 Å². The number of hydrogen-bond donors (Lipinski definition) is 1. The Bertz CT molecular complexity index is 534. The number of nitrogens with zero attached hydrogens (tertiary/aromatic N) is 2. The molecule has 0 aliphatic carbocycles. The topological polar surface area (TPSA) is 39.1 Å². The normalized spacial score (nSPS) is 10.5. The van der Waals surface area contributed by atoms with Crippen LogP contribution in [0.15, 0.2) is 30.6 Å². The van der Waals surface area contributed by atoms with Gasteiger partial charge in [-0.15, -0.1) is 0 Å². The number of benzene rings is 1. The number of hydrogen-bond acceptors (Lipinski definition) is 3. The molecule has 4 heteroatoms. The van der Waals surface area contributed by atoms with Gasteiger partial charge in [0.2, 0.25) is 0 Å². The van der Waals surface area contributed by atoms with E-state index in [-0.39, 0.29) is 0 Å². The van der Waals surface area contributed by atoms with Gasteiger partial charge >= 0.3 is 0 Å². The molecule has 0 amide bonds. The lowest BCUT2D eigenvalue weighted by atomic mass is 10.2. The van der Waals surface area contributed by atoms with Crippen molar-refractivity contribution in [1.29, 1.82) is 0 Å². The molecule has 2 rings (SSSR count). The Morgan fingerprint density at radius 1 is 1.37 bits per heavy atom. The minimum absolute atomic E-state index is 0.690. The average molecular weight is 259 g/mol. The summed E-state index contributed by atoms with van der Waals surface area (Å²) in [6.07, 6.45) is 4.76. The Kier molecular flexibility index (Phi) is 4.44. The summed E-state index contributed by atoms with van der Waals surface area (Å²) in [7, 11) is 1.99. The van der Waals surface area contributed by atoms with Gasteiger partial charge in [-0.1, -0.05) is 13.0 Å². The second-order valence-corrected chi connectivity index (χ2v) is 4.66. The minimum atomic E-state index is 0.690. The molecular weight excluding hydrogens is 238 g/mol. The van der Waals surface area contributed by atoms with E-state index in [2.05, 4.69) is 42.3 Å². The standard InChI is InChI=1S/C15H21N3O/c1-4-9-19-14-10-12(2)5-6-13(14)17-11-15-16-7-8-18(15)3/h5-8,10,17H,4,9,11H2,1-3H3. The van der Waals surface area contributed by atoms with Crippen LogP contribution >= 0.6 is 0 Å². The van der Waals surface area contributed by atoms with E-state index in [0.717, 1.165) is 30.3 Å². The van der Waals surface area contributed by atoms with Gasteiger partial charge in [0.05, 0.1) is 18.8 Å². The molecule has 0 spiro atoms. The molecule has 1 aromatic carbocycles. The molecule has 0 bridgehead atoms. The van der Waals surface area contributed by atoms with Crippen LogP contribution in [-0.4, -0.2) is 16.2 Å². The van der Waals surface area contributed by atoms with Crippen LogP contribution in [0.4, 0.5) is 5.69 Å². The van der Waals surface area contributed by atoms with Crippen LogP contribution in [0.5, 0.6) is 5.75 Å². The Hall–Kier alpha value is -1.97. The maximum absolute atomic E-state index is 5.78. The summed E-state index contributed by atoms with van der Waals surface area (Å²) in [5.41, 5.74) is 2.22. The fourth-order valence-electron chi connectivity index (χ4n) is 1.85. The second kappa shape index (κ2) is 6.27. The van der Waals surface area contributed by atoms with Gasteiger partial charge < -0.3 is 14.6 Å². The van der Waals surface area contributed by atoms with Crippen molar-refractivity contribution in [3.05, 3.63) is 42.0 Å². The van der Waals surface area contributed by atoms with Crippen LogP contribution < -0.4 is 10.1 Å². The van der Waals surface area contributed by atoms with Crippen LogP contribution in [-0.2, 0) is 13.6 Å². The number of anilines is 1. The van der Waals surface area contributed by atoms with Crippen molar-refractivity contribution in [2.24, 2.45) is 7.05 Å². The first-order chi connectivity index (χ1) is 9.20. The molecule has 1 N–H and O–H groups in total. The summed E-state index contributed by atoms with van der Waals surface area (Å²) < 4.78 is 7.79. The first-order valence-electron chi connectivity index (χ1n) is 6.64. The largest absolute Gasteiger partial charge is 0.491 e. The molecule has 102 valence electrons. The van der Waals surface area contributed by atoms with Crippen LogP contribution in [0.3, 0.4) is 0 Å². The quantitative estimate of drug-likeness (QED) is 0.866. The summed E-state index contributed by atoms with van der Waals surface area (Å²) in [6.45, 7) is 5.60. The zero-order chi connectivity index (χ0) is 13.7. The number of aryl methyl sites for hydroxylation is 2. The third-order valence-electron chi connectivity index (χ3n) is 2.96. The molecule has 0 fully saturated rings. The van der Waals surface area contributed by atoms with Gasteiger partial charge in [-0.2, -0.15) is 0 Å². The van der Waals surface area contributed by atoms with E-state index in [1.807, 2.05) is 17.8 Å². The maximum atomic E-state index is 5.78. The van der Waals surface area contributed by atoms with Crippen molar-refractivity contribution in [2.45, 2.75) is 26.8 Å². The number of nitrogens with one attached hydrogen (secondary N) is 1. The molecule has 19 heavy (non-hydrogen) atoms. The molecule has 0 atom stereocenters. The van der Waals surface area contributed by atoms with E-state index in [1.165, 1.54) is 5.56 Å². The van der Waals surface area contributed by atoms with Crippen molar-refractivity contribution >= 4 is 5.69 Å². The van der Waals surface area contributed by atoms with Crippen LogP contribution in [0.1, 0.15) is 24.7 Å². The molecule has 0 aliphatic heterocycles. The SMILES string of the molecule is CCCOc1cc(C)ccc1NCc1nccn1C. The molecular formula is C15H21N3O. The molecule has 0 saturated carbocycles. The summed E-state index contributed by atoms with van der Waals surface area (Å²) in [6, 6.07) is 6.21. The zero-order valence-corrected chi connectivity index (χ0v) is 11.8. The van der Waals surface area contributed by atoms with Crippen molar-refractivity contribution in [1.82, 2.24) is 9.55 Å². The summed E-state index contributed by atoms with van der Waals surface area (Å²) in [5, 5.41) is 3.38. The van der Waals surface area contributed by atoms with E-state index in [9.17, 15) is 0 Å². The Balaban J connectivity index is 2.08. The predicted octanol–water partition coefficient (Wildman–Crippen LogP) is 3.13. The Morgan fingerprint density at radius 2 is 2.21 bits per heavy atom. The van der Waals surface area contributed by atoms with Crippen molar-refractivity contribution in [2.75, 3.05) is 11.9 Å². The highest BCUT2D eigenvalue weighted by molar-refractivity contribution is 5.57. The number of rotatable bonds is 6. The highest BCUT2D eigenvalue weighted by Crippen LogP contribution is 2.26. The minimum Gasteiger partial charge on any atom is -0.491 e. The maximum Gasteiger partial charge on any atom is 0.142 e. The number of imidazole rings is 1. The number of aromatic nitrogens is 2. The average Bonchev–Trinajstić information content (AvgIpc) is 2.81. The first-order valence-corrected chi connectivity index (χ1v) is 6.64. The molecule has 0 saturated heterocycles. The van der Waals surface area contributed by atoms with Gasteiger partial charge in [-0.25, -0.2) is 4.98 Å². The van der Waals surface area contributed by atoms with Gasteiger partial charge in [0.1, 0.15) is 11.6 Å². The lowest BCUT2D eigenvalue weighted by Crippen LogP contribution is -2.07. The first kappa shape index (κ1) is 13.5. The number of ether oxygens (including phenoxy) is 1.